The average molecular weight is 277 g/mol. The Morgan fingerprint density at radius 1 is 1.45 bits per heavy atom. The maximum atomic E-state index is 13.7. The van der Waals surface area contributed by atoms with Gasteiger partial charge in [0.05, 0.1) is 17.8 Å². The van der Waals surface area contributed by atoms with Crippen molar-refractivity contribution < 1.29 is 9.50 Å². The van der Waals surface area contributed by atoms with Crippen molar-refractivity contribution in [3.8, 4) is 0 Å². The van der Waals surface area contributed by atoms with Crippen LogP contribution in [0.5, 0.6) is 0 Å². The minimum Gasteiger partial charge on any atom is -0.387 e. The molecule has 2 atom stereocenters. The molecule has 0 spiro atoms. The van der Waals surface area contributed by atoms with Crippen LogP contribution in [-0.4, -0.2) is 26.9 Å². The molecular weight excluding hydrogens is 257 g/mol. The number of piperidine rings is 1. The lowest BCUT2D eigenvalue weighted by atomic mass is 9.85. The van der Waals surface area contributed by atoms with Crippen molar-refractivity contribution in [2.45, 2.75) is 50.8 Å². The lowest BCUT2D eigenvalue weighted by molar-refractivity contribution is 0.0853. The van der Waals surface area contributed by atoms with E-state index in [2.05, 4.69) is 29.4 Å². The molecule has 2 aromatic rings. The van der Waals surface area contributed by atoms with E-state index in [4.69, 9.17) is 0 Å². The zero-order valence-corrected chi connectivity index (χ0v) is 11.8. The monoisotopic (exact) mass is 277 g/mol. The molecule has 3 rings (SSSR count). The number of hydrogen-bond acceptors (Lipinski definition) is 3. The summed E-state index contributed by atoms with van der Waals surface area (Å²) < 4.78 is 13.7. The van der Waals surface area contributed by atoms with E-state index >= 15 is 0 Å². The van der Waals surface area contributed by atoms with E-state index in [-0.39, 0.29) is 17.4 Å². The van der Waals surface area contributed by atoms with Crippen molar-refractivity contribution in [1.29, 1.82) is 0 Å². The first-order chi connectivity index (χ1) is 9.46. The molecule has 20 heavy (non-hydrogen) atoms. The van der Waals surface area contributed by atoms with Gasteiger partial charge < -0.3 is 10.4 Å². The normalized spacial score (nSPS) is 23.9. The van der Waals surface area contributed by atoms with Gasteiger partial charge in [-0.2, -0.15) is 5.10 Å². The van der Waals surface area contributed by atoms with E-state index < -0.39 is 6.10 Å². The van der Waals surface area contributed by atoms with Gasteiger partial charge in [-0.1, -0.05) is 0 Å². The average Bonchev–Trinajstić information content (AvgIpc) is 2.83. The predicted molar refractivity (Wildman–Crippen MR) is 75.9 cm³/mol. The summed E-state index contributed by atoms with van der Waals surface area (Å²) in [5.41, 5.74) is 1.23. The molecule has 1 aromatic heterocycles. The maximum Gasteiger partial charge on any atom is 0.125 e. The molecule has 3 N–H and O–H groups in total. The molecule has 4 nitrogen and oxygen atoms in total. The van der Waals surface area contributed by atoms with Crippen LogP contribution in [0.1, 0.15) is 44.8 Å². The van der Waals surface area contributed by atoms with E-state index in [1.54, 1.807) is 6.20 Å². The van der Waals surface area contributed by atoms with E-state index in [1.807, 2.05) is 0 Å². The summed E-state index contributed by atoms with van der Waals surface area (Å²) in [5.74, 6) is -0.356. The summed E-state index contributed by atoms with van der Waals surface area (Å²) >= 11 is 0. The lowest BCUT2D eigenvalue weighted by Gasteiger charge is -2.39. The zero-order valence-electron chi connectivity index (χ0n) is 11.8. The van der Waals surface area contributed by atoms with Gasteiger partial charge in [0.25, 0.3) is 0 Å². The second kappa shape index (κ2) is 4.82. The van der Waals surface area contributed by atoms with E-state index in [0.29, 0.717) is 11.1 Å². The smallest absolute Gasteiger partial charge is 0.125 e. The molecule has 0 radical (unpaired) electrons. The Balaban J connectivity index is 1.96. The fourth-order valence-corrected chi connectivity index (χ4v) is 3.15. The van der Waals surface area contributed by atoms with Crippen molar-refractivity contribution in [3.63, 3.8) is 0 Å². The first kappa shape index (κ1) is 13.5. The first-order valence-electron chi connectivity index (χ1n) is 7.04. The van der Waals surface area contributed by atoms with Crippen molar-refractivity contribution in [2.24, 2.45) is 0 Å². The number of aliphatic hydroxyl groups is 1. The molecule has 0 amide bonds. The number of H-pyrrole nitrogens is 1. The van der Waals surface area contributed by atoms with Gasteiger partial charge in [0.2, 0.25) is 0 Å². The van der Waals surface area contributed by atoms with Crippen LogP contribution in [0.25, 0.3) is 10.9 Å². The number of halogens is 1. The van der Waals surface area contributed by atoms with Gasteiger partial charge in [-0.15, -0.1) is 0 Å². The van der Waals surface area contributed by atoms with Crippen molar-refractivity contribution in [2.75, 3.05) is 0 Å². The molecule has 2 heterocycles. The van der Waals surface area contributed by atoms with Gasteiger partial charge in [0, 0.05) is 17.0 Å². The molecule has 1 aliphatic rings. The second-order valence-electron chi connectivity index (χ2n) is 6.30. The Bertz CT molecular complexity index is 623. The van der Waals surface area contributed by atoms with Gasteiger partial charge in [0.1, 0.15) is 5.82 Å². The first-order valence-corrected chi connectivity index (χ1v) is 7.04. The Hall–Kier alpha value is -1.46. The number of benzene rings is 1. The van der Waals surface area contributed by atoms with Crippen LogP contribution in [0.4, 0.5) is 4.39 Å². The van der Waals surface area contributed by atoms with Gasteiger partial charge in [-0.3, -0.25) is 5.10 Å². The third kappa shape index (κ3) is 2.43. The number of fused-ring (bicyclic) bond motifs is 1. The third-order valence-corrected chi connectivity index (χ3v) is 4.15. The van der Waals surface area contributed by atoms with Crippen molar-refractivity contribution in [1.82, 2.24) is 15.5 Å². The molecule has 1 fully saturated rings. The number of aromatic nitrogens is 2. The quantitative estimate of drug-likeness (QED) is 0.791. The fourth-order valence-electron chi connectivity index (χ4n) is 3.15. The maximum absolute atomic E-state index is 13.7. The standard InChI is InChI=1S/C15H20FN3O/c1-15(2)5-3-4-12(18-15)14(20)10-6-9(16)7-13-11(10)8-17-19-13/h6-8,12,14,18,20H,3-5H2,1-2H3,(H,17,19)/t12-,14+/m0/s1. The minimum absolute atomic E-state index is 0.00668. The van der Waals surface area contributed by atoms with Crippen LogP contribution < -0.4 is 5.32 Å². The van der Waals surface area contributed by atoms with E-state index in [9.17, 15) is 9.50 Å². The minimum atomic E-state index is -0.731. The fraction of sp³-hybridized carbons (Fsp3) is 0.533. The molecule has 0 saturated carbocycles. The Morgan fingerprint density at radius 3 is 3.00 bits per heavy atom. The summed E-state index contributed by atoms with van der Waals surface area (Å²) in [6.45, 7) is 4.26. The summed E-state index contributed by atoms with van der Waals surface area (Å²) in [5, 5.41) is 21.6. The molecule has 0 aliphatic carbocycles. The number of hydrogen-bond donors (Lipinski definition) is 3. The van der Waals surface area contributed by atoms with E-state index in [1.165, 1.54) is 12.1 Å². The van der Waals surface area contributed by atoms with Crippen LogP contribution in [0.15, 0.2) is 18.3 Å². The predicted octanol–water partition coefficient (Wildman–Crippen LogP) is 2.66. The molecule has 0 bridgehead atoms. The van der Waals surface area contributed by atoms with E-state index in [0.717, 1.165) is 24.6 Å². The zero-order chi connectivity index (χ0) is 14.3. The van der Waals surface area contributed by atoms with Crippen LogP contribution >= 0.6 is 0 Å². The molecule has 5 heteroatoms. The summed E-state index contributed by atoms with van der Waals surface area (Å²) in [7, 11) is 0. The Morgan fingerprint density at radius 2 is 2.25 bits per heavy atom. The SMILES string of the molecule is CC1(C)CCC[C@@H]([C@H](O)c2cc(F)cc3[nH]ncc23)N1. The largest absolute Gasteiger partial charge is 0.387 e. The van der Waals surface area contributed by atoms with Crippen molar-refractivity contribution >= 4 is 10.9 Å². The highest BCUT2D eigenvalue weighted by molar-refractivity contribution is 5.82. The number of aromatic amines is 1. The second-order valence-corrected chi connectivity index (χ2v) is 6.30. The molecule has 1 saturated heterocycles. The molecule has 108 valence electrons. The number of nitrogens with zero attached hydrogens (tertiary/aromatic N) is 1. The Labute approximate surface area is 117 Å². The van der Waals surface area contributed by atoms with Crippen LogP contribution in [0.3, 0.4) is 0 Å². The number of rotatable bonds is 2. The topological polar surface area (TPSA) is 60.9 Å². The van der Waals surface area contributed by atoms with Gasteiger partial charge >= 0.3 is 0 Å². The van der Waals surface area contributed by atoms with Gasteiger partial charge in [0.15, 0.2) is 0 Å². The van der Waals surface area contributed by atoms with Crippen molar-refractivity contribution in [3.05, 3.63) is 29.7 Å². The number of aliphatic hydroxyl groups excluding tert-OH is 1. The van der Waals surface area contributed by atoms with Crippen LogP contribution in [-0.2, 0) is 0 Å². The third-order valence-electron chi connectivity index (χ3n) is 4.15. The molecule has 1 aliphatic heterocycles. The van der Waals surface area contributed by atoms with Gasteiger partial charge in [-0.25, -0.2) is 4.39 Å². The molecule has 1 aromatic carbocycles. The summed E-state index contributed by atoms with van der Waals surface area (Å²) in [4.78, 5) is 0. The van der Waals surface area contributed by atoms with Crippen LogP contribution in [0.2, 0.25) is 0 Å². The summed E-state index contributed by atoms with van der Waals surface area (Å²) in [6, 6.07) is 2.75. The highest BCUT2D eigenvalue weighted by atomic mass is 19.1. The highest BCUT2D eigenvalue weighted by Crippen LogP contribution is 2.32. The molecule has 0 unspecified atom stereocenters. The number of nitrogens with one attached hydrogen (secondary N) is 2. The molecular formula is C15H20FN3O. The lowest BCUT2D eigenvalue weighted by Crippen LogP contribution is -2.51. The summed E-state index contributed by atoms with van der Waals surface area (Å²) in [6.07, 6.45) is 3.94. The van der Waals surface area contributed by atoms with Crippen LogP contribution in [0, 0.1) is 5.82 Å². The van der Waals surface area contributed by atoms with Gasteiger partial charge in [-0.05, 0) is 50.8 Å². The Kier molecular flexibility index (Phi) is 3.26. The highest BCUT2D eigenvalue weighted by Gasteiger charge is 2.32.